The molecule has 1 heterocycles. The molecule has 0 aliphatic rings. The maximum atomic E-state index is 12.1. The van der Waals surface area contributed by atoms with Crippen molar-refractivity contribution in [2.24, 2.45) is 0 Å². The van der Waals surface area contributed by atoms with Crippen molar-refractivity contribution in [3.63, 3.8) is 0 Å². The van der Waals surface area contributed by atoms with Gasteiger partial charge in [-0.3, -0.25) is 4.79 Å². The molecule has 1 aromatic carbocycles. The first-order valence-electron chi connectivity index (χ1n) is 5.63. The second-order valence-corrected chi connectivity index (χ2v) is 5.07. The lowest BCUT2D eigenvalue weighted by molar-refractivity contribution is -0.0497. The molecule has 0 aliphatic heterocycles. The third kappa shape index (κ3) is 4.37. The van der Waals surface area contributed by atoms with Gasteiger partial charge in [-0.1, -0.05) is 11.6 Å². The smallest absolute Gasteiger partial charge is 0.387 e. The van der Waals surface area contributed by atoms with Crippen molar-refractivity contribution in [3.05, 3.63) is 51.7 Å². The van der Waals surface area contributed by atoms with Crippen molar-refractivity contribution in [3.8, 4) is 5.75 Å². The van der Waals surface area contributed by atoms with Gasteiger partial charge in [0.2, 0.25) is 0 Å². The normalized spacial score (nSPS) is 10.5. The van der Waals surface area contributed by atoms with Crippen LogP contribution in [0.25, 0.3) is 0 Å². The maximum absolute atomic E-state index is 12.1. The zero-order chi connectivity index (χ0) is 15.4. The molecule has 4 nitrogen and oxygen atoms in total. The molecule has 8 heteroatoms. The number of amides is 1. The summed E-state index contributed by atoms with van der Waals surface area (Å²) in [4.78, 5) is 15.9. The van der Waals surface area contributed by atoms with Crippen LogP contribution in [0.1, 0.15) is 10.4 Å². The summed E-state index contributed by atoms with van der Waals surface area (Å²) in [5.41, 5.74) is 0.705. The second-order valence-electron chi connectivity index (χ2n) is 3.85. The zero-order valence-electron chi connectivity index (χ0n) is 10.3. The lowest BCUT2D eigenvalue weighted by Crippen LogP contribution is -2.12. The fourth-order valence-corrected chi connectivity index (χ4v) is 1.94. The number of pyridine rings is 1. The highest BCUT2D eigenvalue weighted by Crippen LogP contribution is 2.29. The molecule has 21 heavy (non-hydrogen) atoms. The highest BCUT2D eigenvalue weighted by molar-refractivity contribution is 9.10. The summed E-state index contributed by atoms with van der Waals surface area (Å²) in [6.45, 7) is -2.96. The number of ether oxygens (including phenoxy) is 1. The van der Waals surface area contributed by atoms with Crippen molar-refractivity contribution in [2.45, 2.75) is 6.61 Å². The highest BCUT2D eigenvalue weighted by Gasteiger charge is 2.11. The first-order valence-corrected chi connectivity index (χ1v) is 6.80. The van der Waals surface area contributed by atoms with Crippen LogP contribution >= 0.6 is 27.5 Å². The van der Waals surface area contributed by atoms with Crippen LogP contribution in [0.2, 0.25) is 5.02 Å². The second kappa shape index (κ2) is 6.82. The molecule has 0 saturated heterocycles. The predicted octanol–water partition coefficient (Wildman–Crippen LogP) is 4.35. The Morgan fingerprint density at radius 1 is 1.33 bits per heavy atom. The molecule has 0 fully saturated rings. The van der Waals surface area contributed by atoms with Crippen molar-refractivity contribution < 1.29 is 18.3 Å². The van der Waals surface area contributed by atoms with Gasteiger partial charge in [-0.2, -0.15) is 8.78 Å². The molecule has 1 aromatic heterocycles. The number of carbonyl (C=O) groups excluding carboxylic acids is 1. The molecule has 1 N–H and O–H groups in total. The van der Waals surface area contributed by atoms with Crippen LogP contribution in [0.15, 0.2) is 41.1 Å². The molecule has 0 spiro atoms. The number of nitrogens with one attached hydrogen (secondary N) is 1. The van der Waals surface area contributed by atoms with E-state index in [-0.39, 0.29) is 10.8 Å². The number of aromatic nitrogens is 1. The number of rotatable bonds is 4. The summed E-state index contributed by atoms with van der Waals surface area (Å²) in [7, 11) is 0. The fraction of sp³-hybridized carbons (Fsp3) is 0.0769. The van der Waals surface area contributed by atoms with Crippen molar-refractivity contribution >= 4 is 39.1 Å². The van der Waals surface area contributed by atoms with Gasteiger partial charge in [0.15, 0.2) is 0 Å². The zero-order valence-corrected chi connectivity index (χ0v) is 12.7. The van der Waals surface area contributed by atoms with Crippen molar-refractivity contribution in [1.29, 1.82) is 0 Å². The summed E-state index contributed by atoms with van der Waals surface area (Å²) >= 11 is 8.96. The molecule has 0 saturated carbocycles. The third-order valence-electron chi connectivity index (χ3n) is 2.40. The number of hydrogen-bond donors (Lipinski definition) is 1. The van der Waals surface area contributed by atoms with E-state index in [1.807, 2.05) is 0 Å². The SMILES string of the molecule is O=C(Nc1ccc(OC(F)F)c(Cl)c1)c1ccc(Br)nc1. The minimum absolute atomic E-state index is 0.0259. The van der Waals surface area contributed by atoms with Gasteiger partial charge in [-0.25, -0.2) is 4.98 Å². The predicted molar refractivity (Wildman–Crippen MR) is 78.0 cm³/mol. The topological polar surface area (TPSA) is 51.2 Å². The van der Waals surface area contributed by atoms with E-state index in [2.05, 4.69) is 31.0 Å². The summed E-state index contributed by atoms with van der Waals surface area (Å²) in [5.74, 6) is -0.552. The number of carbonyl (C=O) groups is 1. The van der Waals surface area contributed by atoms with E-state index >= 15 is 0 Å². The Morgan fingerprint density at radius 3 is 2.67 bits per heavy atom. The van der Waals surface area contributed by atoms with Gasteiger partial charge in [-0.05, 0) is 46.3 Å². The van der Waals surface area contributed by atoms with E-state index in [9.17, 15) is 13.6 Å². The first kappa shape index (κ1) is 15.7. The Balaban J connectivity index is 2.11. The van der Waals surface area contributed by atoms with E-state index in [1.165, 1.54) is 24.4 Å². The lowest BCUT2D eigenvalue weighted by Gasteiger charge is -2.09. The summed E-state index contributed by atoms with van der Waals surface area (Å²) < 4.78 is 29.0. The fourth-order valence-electron chi connectivity index (χ4n) is 1.48. The van der Waals surface area contributed by atoms with Crippen molar-refractivity contribution in [2.75, 3.05) is 5.32 Å². The highest BCUT2D eigenvalue weighted by atomic mass is 79.9. The molecule has 2 aromatic rings. The van der Waals surface area contributed by atoms with Crippen LogP contribution in [0, 0.1) is 0 Å². The Hall–Kier alpha value is -1.73. The number of nitrogens with zero attached hydrogens (tertiary/aromatic N) is 1. The number of anilines is 1. The van der Waals surface area contributed by atoms with E-state index in [1.54, 1.807) is 12.1 Å². The van der Waals surface area contributed by atoms with Crippen LogP contribution < -0.4 is 10.1 Å². The van der Waals surface area contributed by atoms with E-state index < -0.39 is 12.5 Å². The van der Waals surface area contributed by atoms with E-state index in [0.717, 1.165) is 0 Å². The average Bonchev–Trinajstić information content (AvgIpc) is 2.42. The van der Waals surface area contributed by atoms with E-state index in [4.69, 9.17) is 11.6 Å². The molecule has 0 radical (unpaired) electrons. The van der Waals surface area contributed by atoms with Gasteiger partial charge in [0.25, 0.3) is 5.91 Å². The Bertz CT molecular complexity index is 653. The summed E-state index contributed by atoms with van der Waals surface area (Å²) in [5, 5.41) is 2.55. The molecule has 0 atom stereocenters. The van der Waals surface area contributed by atoms with Gasteiger partial charge in [-0.15, -0.1) is 0 Å². The number of halogens is 4. The van der Waals surface area contributed by atoms with Gasteiger partial charge in [0.05, 0.1) is 10.6 Å². The van der Waals surface area contributed by atoms with Gasteiger partial charge >= 0.3 is 6.61 Å². The molecule has 2 rings (SSSR count). The number of alkyl halides is 2. The Morgan fingerprint density at radius 2 is 2.10 bits per heavy atom. The standard InChI is InChI=1S/C13H8BrClF2N2O2/c14-11-4-1-7(6-18-11)12(20)19-8-2-3-10(9(15)5-8)21-13(16)17/h1-6,13H,(H,19,20). The van der Waals surface area contributed by atoms with Gasteiger partial charge in [0, 0.05) is 11.9 Å². The number of benzene rings is 1. The molecule has 0 aliphatic carbocycles. The molecule has 110 valence electrons. The van der Waals surface area contributed by atoms with Crippen LogP contribution in [-0.2, 0) is 0 Å². The molecule has 0 unspecified atom stereocenters. The molecule has 1 amide bonds. The quantitative estimate of drug-likeness (QED) is 0.806. The Labute approximate surface area is 132 Å². The van der Waals surface area contributed by atoms with Gasteiger partial charge in [0.1, 0.15) is 10.4 Å². The first-order chi connectivity index (χ1) is 9.95. The lowest BCUT2D eigenvalue weighted by atomic mass is 10.2. The summed E-state index contributed by atoms with van der Waals surface area (Å²) in [6, 6.07) is 7.20. The Kier molecular flexibility index (Phi) is 5.08. The molecular formula is C13H8BrClF2N2O2. The van der Waals surface area contributed by atoms with Crippen LogP contribution in [0.4, 0.5) is 14.5 Å². The third-order valence-corrected chi connectivity index (χ3v) is 3.16. The van der Waals surface area contributed by atoms with Crippen LogP contribution in [0.3, 0.4) is 0 Å². The molecule has 0 bridgehead atoms. The largest absolute Gasteiger partial charge is 0.433 e. The summed E-state index contributed by atoms with van der Waals surface area (Å²) in [6.07, 6.45) is 1.40. The van der Waals surface area contributed by atoms with E-state index in [0.29, 0.717) is 15.9 Å². The monoisotopic (exact) mass is 376 g/mol. The number of hydrogen-bond acceptors (Lipinski definition) is 3. The average molecular weight is 378 g/mol. The van der Waals surface area contributed by atoms with Crippen LogP contribution in [0.5, 0.6) is 5.75 Å². The molecular weight excluding hydrogens is 370 g/mol. The van der Waals surface area contributed by atoms with Crippen molar-refractivity contribution in [1.82, 2.24) is 4.98 Å². The minimum atomic E-state index is -2.96. The van der Waals surface area contributed by atoms with Gasteiger partial charge < -0.3 is 10.1 Å². The maximum Gasteiger partial charge on any atom is 0.387 e. The minimum Gasteiger partial charge on any atom is -0.433 e. The van der Waals surface area contributed by atoms with Crippen LogP contribution in [-0.4, -0.2) is 17.5 Å².